The van der Waals surface area contributed by atoms with Gasteiger partial charge in [0.05, 0.1) is 6.20 Å². The molecule has 0 aliphatic carbocycles. The van der Waals surface area contributed by atoms with E-state index in [4.69, 9.17) is 0 Å². The van der Waals surface area contributed by atoms with E-state index in [9.17, 15) is 8.42 Å². The highest BCUT2D eigenvalue weighted by atomic mass is 32.2. The lowest BCUT2D eigenvalue weighted by Crippen LogP contribution is -2.29. The van der Waals surface area contributed by atoms with Crippen LogP contribution in [0.3, 0.4) is 0 Å². The minimum Gasteiger partial charge on any atom is -0.284 e. The monoisotopic (exact) mass is 271 g/mol. The highest BCUT2D eigenvalue weighted by molar-refractivity contribution is 7.89. The summed E-state index contributed by atoms with van der Waals surface area (Å²) >= 11 is 1.55. The van der Waals surface area contributed by atoms with E-state index in [1.165, 1.54) is 16.7 Å². The molecule has 7 heteroatoms. The van der Waals surface area contributed by atoms with Gasteiger partial charge in [-0.05, 0) is 11.4 Å². The van der Waals surface area contributed by atoms with Crippen LogP contribution in [0.4, 0.5) is 0 Å². The topological polar surface area (TPSA) is 66.1 Å². The molecule has 0 unspecified atom stereocenters. The quantitative estimate of drug-likeness (QED) is 0.899. The van der Waals surface area contributed by atoms with Crippen molar-refractivity contribution in [3.8, 4) is 0 Å². The van der Waals surface area contributed by atoms with Gasteiger partial charge in [0.15, 0.2) is 0 Å². The Bertz CT molecular complexity index is 546. The molecule has 0 aromatic carbocycles. The van der Waals surface area contributed by atoms with Crippen molar-refractivity contribution >= 4 is 21.4 Å². The van der Waals surface area contributed by atoms with Gasteiger partial charge in [0, 0.05) is 24.2 Å². The first-order valence-electron chi connectivity index (χ1n) is 5.16. The number of nitrogens with one attached hydrogen (secondary N) is 1. The molecule has 0 atom stereocenters. The largest absolute Gasteiger partial charge is 0.284 e. The van der Waals surface area contributed by atoms with E-state index >= 15 is 0 Å². The van der Waals surface area contributed by atoms with Gasteiger partial charge in [-0.2, -0.15) is 9.40 Å². The summed E-state index contributed by atoms with van der Waals surface area (Å²) in [5.41, 5.74) is 0. The second kappa shape index (κ2) is 4.99. The van der Waals surface area contributed by atoms with Crippen LogP contribution in [-0.4, -0.2) is 29.5 Å². The van der Waals surface area contributed by atoms with E-state index in [2.05, 4.69) is 10.2 Å². The zero-order valence-electron chi connectivity index (χ0n) is 9.33. The molecule has 0 saturated carbocycles. The molecule has 0 amide bonds. The van der Waals surface area contributed by atoms with Crippen LogP contribution < -0.4 is 0 Å². The maximum atomic E-state index is 12.2. The average Bonchev–Trinajstić information content (AvgIpc) is 2.98. The van der Waals surface area contributed by atoms with E-state index in [1.54, 1.807) is 11.3 Å². The Morgan fingerprint density at radius 2 is 2.35 bits per heavy atom. The molecule has 0 fully saturated rings. The van der Waals surface area contributed by atoms with Crippen molar-refractivity contribution in [1.29, 1.82) is 0 Å². The Labute approximate surface area is 104 Å². The fourth-order valence-electron chi connectivity index (χ4n) is 1.47. The van der Waals surface area contributed by atoms with Crippen LogP contribution in [0.15, 0.2) is 34.8 Å². The highest BCUT2D eigenvalue weighted by Crippen LogP contribution is 2.19. The van der Waals surface area contributed by atoms with Gasteiger partial charge in [0.1, 0.15) is 4.90 Å². The first-order chi connectivity index (χ1) is 8.14. The van der Waals surface area contributed by atoms with Crippen LogP contribution in [0.2, 0.25) is 0 Å². The molecular weight excluding hydrogens is 258 g/mol. The number of H-pyrrole nitrogens is 1. The van der Waals surface area contributed by atoms with Gasteiger partial charge in [0.25, 0.3) is 0 Å². The van der Waals surface area contributed by atoms with E-state index in [-0.39, 0.29) is 4.90 Å². The van der Waals surface area contributed by atoms with Crippen LogP contribution >= 0.6 is 11.3 Å². The second-order valence-electron chi connectivity index (χ2n) is 3.44. The Balaban J connectivity index is 2.24. The van der Waals surface area contributed by atoms with Crippen molar-refractivity contribution in [2.24, 2.45) is 0 Å². The molecule has 2 rings (SSSR count). The Hall–Kier alpha value is -1.18. The second-order valence-corrected chi connectivity index (χ2v) is 6.41. The van der Waals surface area contributed by atoms with Gasteiger partial charge in [-0.3, -0.25) is 5.10 Å². The summed E-state index contributed by atoms with van der Waals surface area (Å²) in [4.78, 5) is 1.23. The lowest BCUT2D eigenvalue weighted by molar-refractivity contribution is 0.426. The fraction of sp³-hybridized carbons (Fsp3) is 0.300. The number of aromatic nitrogens is 2. The third kappa shape index (κ3) is 2.56. The number of sulfonamides is 1. The maximum Gasteiger partial charge on any atom is 0.246 e. The van der Waals surface area contributed by atoms with E-state index in [0.29, 0.717) is 13.1 Å². The number of nitrogens with zero attached hydrogens (tertiary/aromatic N) is 2. The Morgan fingerprint density at radius 3 is 2.88 bits per heavy atom. The molecular formula is C10H13N3O2S2. The number of hydrogen-bond donors (Lipinski definition) is 1. The van der Waals surface area contributed by atoms with Crippen LogP contribution in [0, 0.1) is 0 Å². The summed E-state index contributed by atoms with van der Waals surface area (Å²) in [7, 11) is -3.44. The molecule has 1 N–H and O–H groups in total. The van der Waals surface area contributed by atoms with Gasteiger partial charge in [0.2, 0.25) is 10.0 Å². The minimum atomic E-state index is -3.44. The minimum absolute atomic E-state index is 0.205. The van der Waals surface area contributed by atoms with E-state index in [0.717, 1.165) is 4.88 Å². The summed E-state index contributed by atoms with van der Waals surface area (Å²) in [6.45, 7) is 2.67. The molecule has 2 heterocycles. The van der Waals surface area contributed by atoms with Crippen molar-refractivity contribution < 1.29 is 8.42 Å². The molecule has 17 heavy (non-hydrogen) atoms. The zero-order valence-corrected chi connectivity index (χ0v) is 11.0. The lowest BCUT2D eigenvalue weighted by Gasteiger charge is -2.18. The average molecular weight is 271 g/mol. The van der Waals surface area contributed by atoms with Crippen LogP contribution in [0.1, 0.15) is 11.8 Å². The molecule has 0 aliphatic heterocycles. The van der Waals surface area contributed by atoms with E-state index < -0.39 is 10.0 Å². The third-order valence-corrected chi connectivity index (χ3v) is 5.12. The van der Waals surface area contributed by atoms with E-state index in [1.807, 2.05) is 24.4 Å². The summed E-state index contributed by atoms with van der Waals surface area (Å²) in [6, 6.07) is 3.84. The number of hydrogen-bond acceptors (Lipinski definition) is 4. The maximum absolute atomic E-state index is 12.2. The molecule has 0 saturated heterocycles. The lowest BCUT2D eigenvalue weighted by atomic mass is 10.4. The highest BCUT2D eigenvalue weighted by Gasteiger charge is 2.24. The van der Waals surface area contributed by atoms with Crippen molar-refractivity contribution in [3.63, 3.8) is 0 Å². The van der Waals surface area contributed by atoms with Crippen molar-refractivity contribution in [3.05, 3.63) is 34.8 Å². The SMILES string of the molecule is CCN(Cc1cccs1)S(=O)(=O)c1cn[nH]c1. The van der Waals surface area contributed by atoms with Crippen LogP contribution in [0.25, 0.3) is 0 Å². The smallest absolute Gasteiger partial charge is 0.246 e. The fourth-order valence-corrected chi connectivity index (χ4v) is 3.61. The molecule has 0 aliphatic rings. The molecule has 2 aromatic rings. The predicted molar refractivity (Wildman–Crippen MR) is 66.2 cm³/mol. The van der Waals surface area contributed by atoms with Gasteiger partial charge in [-0.1, -0.05) is 13.0 Å². The number of thiophene rings is 1. The molecule has 2 aromatic heterocycles. The van der Waals surface area contributed by atoms with Crippen molar-refractivity contribution in [2.45, 2.75) is 18.4 Å². The van der Waals surface area contributed by atoms with Crippen LogP contribution in [0.5, 0.6) is 0 Å². The normalized spacial score (nSPS) is 12.1. The van der Waals surface area contributed by atoms with Gasteiger partial charge in [-0.15, -0.1) is 11.3 Å². The summed E-state index contributed by atoms with van der Waals surface area (Å²) in [5.74, 6) is 0. The van der Waals surface area contributed by atoms with Crippen LogP contribution in [-0.2, 0) is 16.6 Å². The first-order valence-corrected chi connectivity index (χ1v) is 7.48. The number of rotatable bonds is 5. The molecule has 5 nitrogen and oxygen atoms in total. The third-order valence-electron chi connectivity index (χ3n) is 2.38. The van der Waals surface area contributed by atoms with Crippen molar-refractivity contribution in [2.75, 3.05) is 6.54 Å². The van der Waals surface area contributed by atoms with Crippen molar-refractivity contribution in [1.82, 2.24) is 14.5 Å². The van der Waals surface area contributed by atoms with Gasteiger partial charge < -0.3 is 0 Å². The molecule has 0 spiro atoms. The predicted octanol–water partition coefficient (Wildman–Crippen LogP) is 1.68. The number of aromatic amines is 1. The molecule has 0 bridgehead atoms. The van der Waals surface area contributed by atoms with Gasteiger partial charge in [-0.25, -0.2) is 8.42 Å². The summed E-state index contributed by atoms with van der Waals surface area (Å²) in [5, 5.41) is 8.13. The molecule has 0 radical (unpaired) electrons. The summed E-state index contributed by atoms with van der Waals surface area (Å²) in [6.07, 6.45) is 2.72. The van der Waals surface area contributed by atoms with Gasteiger partial charge >= 0.3 is 0 Å². The first kappa shape index (κ1) is 12.3. The standard InChI is InChI=1S/C10H13N3O2S2/c1-2-13(8-9-4-3-5-16-9)17(14,15)10-6-11-12-7-10/h3-7H,2,8H2,1H3,(H,11,12). The summed E-state index contributed by atoms with van der Waals surface area (Å²) < 4.78 is 25.9. The zero-order chi connectivity index (χ0) is 12.3. The Morgan fingerprint density at radius 1 is 1.53 bits per heavy atom. The Kier molecular flexibility index (Phi) is 3.60. The molecule has 92 valence electrons.